The SMILES string of the molecule is CCn1c(C)nc2cc(CCC(C)=O)ccc21. The number of carbonyl (C=O) groups is 1. The van der Waals surface area contributed by atoms with Crippen molar-refractivity contribution in [2.75, 3.05) is 0 Å². The Morgan fingerprint density at radius 3 is 2.82 bits per heavy atom. The number of rotatable bonds is 4. The van der Waals surface area contributed by atoms with Gasteiger partial charge in [-0.25, -0.2) is 4.98 Å². The van der Waals surface area contributed by atoms with Crippen LogP contribution in [0.4, 0.5) is 0 Å². The lowest BCUT2D eigenvalue weighted by atomic mass is 10.1. The monoisotopic (exact) mass is 230 g/mol. The van der Waals surface area contributed by atoms with Crippen LogP contribution in [-0.4, -0.2) is 15.3 Å². The highest BCUT2D eigenvalue weighted by atomic mass is 16.1. The molecule has 0 radical (unpaired) electrons. The van der Waals surface area contributed by atoms with Crippen molar-refractivity contribution in [1.82, 2.24) is 9.55 Å². The van der Waals surface area contributed by atoms with Gasteiger partial charge in [0.2, 0.25) is 0 Å². The summed E-state index contributed by atoms with van der Waals surface area (Å²) in [6.45, 7) is 6.72. The molecule has 0 amide bonds. The van der Waals surface area contributed by atoms with Crippen LogP contribution in [0.5, 0.6) is 0 Å². The third kappa shape index (κ3) is 2.38. The fourth-order valence-electron chi connectivity index (χ4n) is 2.17. The summed E-state index contributed by atoms with van der Waals surface area (Å²) < 4.78 is 2.20. The minimum Gasteiger partial charge on any atom is -0.329 e. The molecule has 0 spiro atoms. The summed E-state index contributed by atoms with van der Waals surface area (Å²) in [6.07, 6.45) is 1.42. The van der Waals surface area contributed by atoms with E-state index in [-0.39, 0.29) is 5.78 Å². The molecule has 0 fully saturated rings. The Kier molecular flexibility index (Phi) is 3.27. The van der Waals surface area contributed by atoms with Gasteiger partial charge < -0.3 is 9.36 Å². The van der Waals surface area contributed by atoms with Crippen LogP contribution in [0.25, 0.3) is 11.0 Å². The number of aryl methyl sites for hydroxylation is 3. The zero-order valence-electron chi connectivity index (χ0n) is 10.7. The number of hydrogen-bond donors (Lipinski definition) is 0. The highest BCUT2D eigenvalue weighted by Crippen LogP contribution is 2.18. The second kappa shape index (κ2) is 4.70. The first-order valence-corrected chi connectivity index (χ1v) is 6.07. The predicted octanol–water partition coefficient (Wildman–Crippen LogP) is 2.89. The summed E-state index contributed by atoms with van der Waals surface area (Å²) in [5.74, 6) is 1.28. The molecule has 90 valence electrons. The predicted molar refractivity (Wildman–Crippen MR) is 69.1 cm³/mol. The van der Waals surface area contributed by atoms with Crippen LogP contribution in [0.1, 0.15) is 31.7 Å². The average Bonchev–Trinajstić information content (AvgIpc) is 2.60. The molecule has 1 heterocycles. The summed E-state index contributed by atoms with van der Waals surface area (Å²) >= 11 is 0. The van der Waals surface area contributed by atoms with Crippen LogP contribution in [0.2, 0.25) is 0 Å². The minimum absolute atomic E-state index is 0.236. The van der Waals surface area contributed by atoms with Crippen molar-refractivity contribution in [2.24, 2.45) is 0 Å². The maximum absolute atomic E-state index is 11.0. The molecule has 0 unspecified atom stereocenters. The molecular formula is C14H18N2O. The van der Waals surface area contributed by atoms with E-state index in [1.54, 1.807) is 6.92 Å². The van der Waals surface area contributed by atoms with Gasteiger partial charge in [-0.2, -0.15) is 0 Å². The Morgan fingerprint density at radius 2 is 2.18 bits per heavy atom. The molecule has 2 aromatic rings. The first-order chi connectivity index (χ1) is 8.11. The summed E-state index contributed by atoms with van der Waals surface area (Å²) in [5.41, 5.74) is 3.40. The number of nitrogens with zero attached hydrogens (tertiary/aromatic N) is 2. The van der Waals surface area contributed by atoms with Gasteiger partial charge in [0.15, 0.2) is 0 Å². The molecule has 0 saturated carbocycles. The maximum atomic E-state index is 11.0. The van der Waals surface area contributed by atoms with E-state index in [4.69, 9.17) is 0 Å². The highest BCUT2D eigenvalue weighted by molar-refractivity contribution is 5.78. The molecule has 0 bridgehead atoms. The lowest BCUT2D eigenvalue weighted by Gasteiger charge is -2.02. The standard InChI is InChI=1S/C14H18N2O/c1-4-16-11(3)15-13-9-12(6-5-10(2)17)7-8-14(13)16/h7-9H,4-6H2,1-3H3. The molecule has 1 aromatic heterocycles. The van der Waals surface area contributed by atoms with Crippen LogP contribution in [0.3, 0.4) is 0 Å². The molecule has 17 heavy (non-hydrogen) atoms. The fourth-order valence-corrected chi connectivity index (χ4v) is 2.17. The van der Waals surface area contributed by atoms with Crippen LogP contribution in [0, 0.1) is 6.92 Å². The molecule has 0 N–H and O–H groups in total. The molecule has 3 nitrogen and oxygen atoms in total. The van der Waals surface area contributed by atoms with E-state index >= 15 is 0 Å². The number of aromatic nitrogens is 2. The van der Waals surface area contributed by atoms with Gasteiger partial charge in [-0.05, 0) is 44.9 Å². The first-order valence-electron chi connectivity index (χ1n) is 6.07. The van der Waals surface area contributed by atoms with Crippen LogP contribution in [0.15, 0.2) is 18.2 Å². The van der Waals surface area contributed by atoms with Gasteiger partial charge in [-0.1, -0.05) is 6.07 Å². The third-order valence-corrected chi connectivity index (χ3v) is 3.09. The molecule has 0 atom stereocenters. The molecule has 0 aliphatic rings. The second-order valence-corrected chi connectivity index (χ2v) is 4.43. The van der Waals surface area contributed by atoms with Gasteiger partial charge in [-0.3, -0.25) is 0 Å². The fraction of sp³-hybridized carbons (Fsp3) is 0.429. The number of fused-ring (bicyclic) bond motifs is 1. The van der Waals surface area contributed by atoms with Gasteiger partial charge in [-0.15, -0.1) is 0 Å². The Bertz CT molecular complexity index is 555. The molecule has 0 saturated heterocycles. The third-order valence-electron chi connectivity index (χ3n) is 3.09. The van der Waals surface area contributed by atoms with E-state index in [1.165, 1.54) is 11.1 Å². The van der Waals surface area contributed by atoms with Gasteiger partial charge in [0.05, 0.1) is 11.0 Å². The number of hydrogen-bond acceptors (Lipinski definition) is 2. The zero-order valence-corrected chi connectivity index (χ0v) is 10.7. The summed E-state index contributed by atoms with van der Waals surface area (Å²) in [7, 11) is 0. The average molecular weight is 230 g/mol. The minimum atomic E-state index is 0.236. The van der Waals surface area contributed by atoms with Gasteiger partial charge >= 0.3 is 0 Å². The van der Waals surface area contributed by atoms with E-state index < -0.39 is 0 Å². The van der Waals surface area contributed by atoms with Crippen molar-refractivity contribution in [1.29, 1.82) is 0 Å². The smallest absolute Gasteiger partial charge is 0.130 e. The summed E-state index contributed by atoms with van der Waals surface area (Å²) in [4.78, 5) is 15.5. The van der Waals surface area contributed by atoms with Crippen molar-refractivity contribution in [3.63, 3.8) is 0 Å². The number of Topliss-reactive ketones (excluding diaryl/α,β-unsaturated/α-hetero) is 1. The molecule has 3 heteroatoms. The quantitative estimate of drug-likeness (QED) is 0.809. The lowest BCUT2D eigenvalue weighted by Crippen LogP contribution is -1.96. The van der Waals surface area contributed by atoms with Crippen LogP contribution in [-0.2, 0) is 17.8 Å². The molecule has 2 rings (SSSR count). The van der Waals surface area contributed by atoms with Crippen molar-refractivity contribution in [3.05, 3.63) is 29.6 Å². The van der Waals surface area contributed by atoms with Crippen molar-refractivity contribution < 1.29 is 4.79 Å². The Morgan fingerprint density at radius 1 is 1.41 bits per heavy atom. The summed E-state index contributed by atoms with van der Waals surface area (Å²) in [6, 6.07) is 6.30. The van der Waals surface area contributed by atoms with Crippen molar-refractivity contribution in [2.45, 2.75) is 40.2 Å². The van der Waals surface area contributed by atoms with Crippen molar-refractivity contribution in [3.8, 4) is 0 Å². The van der Waals surface area contributed by atoms with E-state index in [9.17, 15) is 4.79 Å². The van der Waals surface area contributed by atoms with Gasteiger partial charge in [0.25, 0.3) is 0 Å². The van der Waals surface area contributed by atoms with E-state index in [2.05, 4.69) is 34.7 Å². The Hall–Kier alpha value is -1.64. The molecule has 0 aliphatic heterocycles. The largest absolute Gasteiger partial charge is 0.329 e. The summed E-state index contributed by atoms with van der Waals surface area (Å²) in [5, 5.41) is 0. The maximum Gasteiger partial charge on any atom is 0.130 e. The molecule has 0 aliphatic carbocycles. The lowest BCUT2D eigenvalue weighted by molar-refractivity contribution is -0.116. The molecular weight excluding hydrogens is 212 g/mol. The number of carbonyl (C=O) groups excluding carboxylic acids is 1. The van der Waals surface area contributed by atoms with Gasteiger partial charge in [0.1, 0.15) is 11.6 Å². The van der Waals surface area contributed by atoms with Crippen LogP contribution >= 0.6 is 0 Å². The van der Waals surface area contributed by atoms with E-state index in [0.29, 0.717) is 6.42 Å². The van der Waals surface area contributed by atoms with Crippen molar-refractivity contribution >= 4 is 16.8 Å². The molecule has 1 aromatic carbocycles. The number of ketones is 1. The topological polar surface area (TPSA) is 34.9 Å². The van der Waals surface area contributed by atoms with E-state index in [0.717, 1.165) is 24.3 Å². The van der Waals surface area contributed by atoms with Gasteiger partial charge in [0, 0.05) is 13.0 Å². The Balaban J connectivity index is 2.35. The first kappa shape index (κ1) is 11.8. The Labute approximate surface area is 101 Å². The van der Waals surface area contributed by atoms with E-state index in [1.807, 2.05) is 6.92 Å². The second-order valence-electron chi connectivity index (χ2n) is 4.43. The normalized spacial score (nSPS) is 11.0. The zero-order chi connectivity index (χ0) is 12.4. The number of benzene rings is 1. The highest BCUT2D eigenvalue weighted by Gasteiger charge is 2.06. The van der Waals surface area contributed by atoms with Crippen LogP contribution < -0.4 is 0 Å². The number of imidazole rings is 1.